The largest absolute Gasteiger partial charge is 0.478 e. The van der Waals surface area contributed by atoms with Gasteiger partial charge in [0.1, 0.15) is 6.54 Å². The number of amides is 2. The number of benzene rings is 2. The van der Waals surface area contributed by atoms with Crippen molar-refractivity contribution in [2.24, 2.45) is 0 Å². The van der Waals surface area contributed by atoms with Crippen LogP contribution in [0.3, 0.4) is 0 Å². The van der Waals surface area contributed by atoms with Crippen LogP contribution in [0.25, 0.3) is 0 Å². The van der Waals surface area contributed by atoms with E-state index in [-0.39, 0.29) is 6.54 Å². The molecule has 8 heteroatoms. The minimum absolute atomic E-state index is 0.232. The van der Waals surface area contributed by atoms with Gasteiger partial charge in [-0.2, -0.15) is 0 Å². The van der Waals surface area contributed by atoms with Crippen LogP contribution in [0.15, 0.2) is 36.4 Å². The zero-order valence-corrected chi connectivity index (χ0v) is 13.1. The van der Waals surface area contributed by atoms with Gasteiger partial charge in [-0.25, -0.2) is 13.2 Å². The SMILES string of the molecule is C[C@H](Oc1cc(F)c(F)cc1F)C(=O)N1CC(=O)Nc2ccccc21. The number of para-hydroxylation sites is 2. The fourth-order valence-electron chi connectivity index (χ4n) is 2.48. The van der Waals surface area contributed by atoms with Crippen molar-refractivity contribution in [2.45, 2.75) is 13.0 Å². The van der Waals surface area contributed by atoms with E-state index in [0.29, 0.717) is 23.5 Å². The molecule has 3 rings (SSSR count). The van der Waals surface area contributed by atoms with Gasteiger partial charge in [0.15, 0.2) is 29.3 Å². The van der Waals surface area contributed by atoms with E-state index in [0.717, 1.165) is 0 Å². The molecule has 1 N–H and O–H groups in total. The zero-order valence-electron chi connectivity index (χ0n) is 13.1. The topological polar surface area (TPSA) is 58.6 Å². The van der Waals surface area contributed by atoms with Crippen LogP contribution >= 0.6 is 0 Å². The van der Waals surface area contributed by atoms with E-state index < -0.39 is 41.1 Å². The monoisotopic (exact) mass is 350 g/mol. The van der Waals surface area contributed by atoms with E-state index >= 15 is 0 Å². The number of hydrogen-bond donors (Lipinski definition) is 1. The highest BCUT2D eigenvalue weighted by molar-refractivity contribution is 6.10. The number of anilines is 2. The van der Waals surface area contributed by atoms with Crippen molar-refractivity contribution in [3.8, 4) is 5.75 Å². The zero-order chi connectivity index (χ0) is 18.1. The average Bonchev–Trinajstić information content (AvgIpc) is 2.58. The summed E-state index contributed by atoms with van der Waals surface area (Å²) in [4.78, 5) is 25.6. The molecule has 0 saturated carbocycles. The normalized spacial score (nSPS) is 14.6. The second-order valence-corrected chi connectivity index (χ2v) is 5.45. The minimum Gasteiger partial charge on any atom is -0.478 e. The van der Waals surface area contributed by atoms with Gasteiger partial charge in [0.05, 0.1) is 11.4 Å². The van der Waals surface area contributed by atoms with E-state index in [1.165, 1.54) is 11.8 Å². The molecule has 1 aliphatic heterocycles. The van der Waals surface area contributed by atoms with Crippen LogP contribution in [-0.2, 0) is 9.59 Å². The molecule has 2 aromatic carbocycles. The second kappa shape index (κ2) is 6.46. The summed E-state index contributed by atoms with van der Waals surface area (Å²) >= 11 is 0. The standard InChI is InChI=1S/C17H13F3N2O3/c1-9(25-15-7-11(19)10(18)6-12(15)20)17(24)22-8-16(23)21-13-4-2-3-5-14(13)22/h2-7,9H,8H2,1H3,(H,21,23)/t9-/m0/s1. The summed E-state index contributed by atoms with van der Waals surface area (Å²) in [5, 5.41) is 2.63. The lowest BCUT2D eigenvalue weighted by Crippen LogP contribution is -2.47. The molecule has 1 heterocycles. The molecule has 0 bridgehead atoms. The van der Waals surface area contributed by atoms with E-state index in [4.69, 9.17) is 4.74 Å². The summed E-state index contributed by atoms with van der Waals surface area (Å²) in [6, 6.07) is 7.53. The molecule has 0 spiro atoms. The highest BCUT2D eigenvalue weighted by Crippen LogP contribution is 2.30. The number of carbonyl (C=O) groups excluding carboxylic acids is 2. The van der Waals surface area contributed by atoms with Crippen LogP contribution in [0.1, 0.15) is 6.92 Å². The Morgan fingerprint density at radius 3 is 2.60 bits per heavy atom. The first kappa shape index (κ1) is 16.8. The molecule has 0 fully saturated rings. The van der Waals surface area contributed by atoms with Crippen LogP contribution in [0.2, 0.25) is 0 Å². The minimum atomic E-state index is -1.36. The molecule has 0 aliphatic carbocycles. The summed E-state index contributed by atoms with van der Waals surface area (Å²) in [6.45, 7) is 1.10. The maximum absolute atomic E-state index is 13.7. The second-order valence-electron chi connectivity index (χ2n) is 5.45. The number of ether oxygens (including phenoxy) is 1. The first-order valence-electron chi connectivity index (χ1n) is 7.38. The number of fused-ring (bicyclic) bond motifs is 1. The van der Waals surface area contributed by atoms with E-state index in [1.54, 1.807) is 24.3 Å². The van der Waals surface area contributed by atoms with Gasteiger partial charge in [-0.1, -0.05) is 12.1 Å². The van der Waals surface area contributed by atoms with Crippen molar-refractivity contribution < 1.29 is 27.5 Å². The summed E-state index contributed by atoms with van der Waals surface area (Å²) in [7, 11) is 0. The first-order chi connectivity index (χ1) is 11.9. The molecule has 0 aromatic heterocycles. The Hall–Kier alpha value is -3.03. The fraction of sp³-hybridized carbons (Fsp3) is 0.176. The van der Waals surface area contributed by atoms with Crippen molar-refractivity contribution in [3.63, 3.8) is 0 Å². The number of carbonyl (C=O) groups is 2. The number of rotatable bonds is 3. The molecule has 0 unspecified atom stereocenters. The van der Waals surface area contributed by atoms with Gasteiger partial charge in [-0.05, 0) is 19.1 Å². The van der Waals surface area contributed by atoms with Gasteiger partial charge in [-0.3, -0.25) is 14.5 Å². The molecular formula is C17H13F3N2O3. The molecule has 5 nitrogen and oxygen atoms in total. The van der Waals surface area contributed by atoms with Crippen molar-refractivity contribution in [2.75, 3.05) is 16.8 Å². The number of nitrogens with one attached hydrogen (secondary N) is 1. The third-order valence-electron chi connectivity index (χ3n) is 3.66. The lowest BCUT2D eigenvalue weighted by molar-refractivity contribution is -0.126. The Labute approximate surface area is 141 Å². The maximum atomic E-state index is 13.7. The predicted molar refractivity (Wildman–Crippen MR) is 83.8 cm³/mol. The Bertz CT molecular complexity index is 857. The quantitative estimate of drug-likeness (QED) is 0.866. The summed E-state index contributed by atoms with van der Waals surface area (Å²) in [5.74, 6) is -5.38. The number of nitrogens with zero attached hydrogens (tertiary/aromatic N) is 1. The van der Waals surface area contributed by atoms with Crippen molar-refractivity contribution in [3.05, 3.63) is 53.8 Å². The van der Waals surface area contributed by atoms with Crippen LogP contribution in [0, 0.1) is 17.5 Å². The molecule has 130 valence electrons. The van der Waals surface area contributed by atoms with E-state index in [2.05, 4.69) is 5.32 Å². The van der Waals surface area contributed by atoms with Crippen molar-refractivity contribution in [1.29, 1.82) is 0 Å². The van der Waals surface area contributed by atoms with Crippen molar-refractivity contribution in [1.82, 2.24) is 0 Å². The third kappa shape index (κ3) is 3.28. The van der Waals surface area contributed by atoms with Crippen LogP contribution in [0.4, 0.5) is 24.5 Å². The maximum Gasteiger partial charge on any atom is 0.268 e. The van der Waals surface area contributed by atoms with Gasteiger partial charge < -0.3 is 10.1 Å². The van der Waals surface area contributed by atoms with Crippen LogP contribution in [0.5, 0.6) is 5.75 Å². The van der Waals surface area contributed by atoms with Gasteiger partial charge in [0.25, 0.3) is 5.91 Å². The average molecular weight is 350 g/mol. The summed E-state index contributed by atoms with van der Waals surface area (Å²) < 4.78 is 45.0. The Balaban J connectivity index is 1.84. The third-order valence-corrected chi connectivity index (χ3v) is 3.66. The van der Waals surface area contributed by atoms with Crippen molar-refractivity contribution >= 4 is 23.2 Å². The molecule has 2 amide bonds. The van der Waals surface area contributed by atoms with Crippen LogP contribution in [-0.4, -0.2) is 24.5 Å². The highest BCUT2D eigenvalue weighted by atomic mass is 19.2. The molecule has 0 radical (unpaired) electrons. The smallest absolute Gasteiger partial charge is 0.268 e. The summed E-state index contributed by atoms with van der Waals surface area (Å²) in [6.07, 6.45) is -1.22. The van der Waals surface area contributed by atoms with Gasteiger partial charge in [0.2, 0.25) is 5.91 Å². The van der Waals surface area contributed by atoms with Gasteiger partial charge >= 0.3 is 0 Å². The number of halogens is 3. The van der Waals surface area contributed by atoms with E-state index in [9.17, 15) is 22.8 Å². The fourth-order valence-corrected chi connectivity index (χ4v) is 2.48. The molecule has 2 aromatic rings. The Morgan fingerprint density at radius 2 is 1.84 bits per heavy atom. The lowest BCUT2D eigenvalue weighted by Gasteiger charge is -2.31. The molecular weight excluding hydrogens is 337 g/mol. The first-order valence-corrected chi connectivity index (χ1v) is 7.38. The highest BCUT2D eigenvalue weighted by Gasteiger charge is 2.31. The van der Waals surface area contributed by atoms with Gasteiger partial charge in [-0.15, -0.1) is 0 Å². The summed E-state index contributed by atoms with van der Waals surface area (Å²) in [5.41, 5.74) is 0.923. The molecule has 0 saturated heterocycles. The molecule has 25 heavy (non-hydrogen) atoms. The number of hydrogen-bond acceptors (Lipinski definition) is 3. The van der Waals surface area contributed by atoms with E-state index in [1.807, 2.05) is 0 Å². The molecule has 1 aliphatic rings. The predicted octanol–water partition coefficient (Wildman–Crippen LogP) is 2.86. The Kier molecular flexibility index (Phi) is 4.35. The Morgan fingerprint density at radius 1 is 1.16 bits per heavy atom. The van der Waals surface area contributed by atoms with Gasteiger partial charge in [0, 0.05) is 12.1 Å². The lowest BCUT2D eigenvalue weighted by atomic mass is 10.1. The molecule has 1 atom stereocenters. The van der Waals surface area contributed by atoms with Crippen LogP contribution < -0.4 is 15.0 Å².